The lowest BCUT2D eigenvalue weighted by Crippen LogP contribution is -2.39. The predicted molar refractivity (Wildman–Crippen MR) is 183 cm³/mol. The van der Waals surface area contributed by atoms with Crippen molar-refractivity contribution in [2.75, 3.05) is 35.8 Å². The Kier molecular flexibility index (Phi) is 11.8. The van der Waals surface area contributed by atoms with E-state index in [4.69, 9.17) is 22.8 Å². The van der Waals surface area contributed by atoms with E-state index in [1.165, 1.54) is 11.0 Å². The van der Waals surface area contributed by atoms with Gasteiger partial charge in [-0.25, -0.2) is 17.7 Å². The fourth-order valence-corrected chi connectivity index (χ4v) is 7.79. The summed E-state index contributed by atoms with van der Waals surface area (Å²) in [5.74, 6) is -3.18. The number of anilines is 2. The van der Waals surface area contributed by atoms with Crippen LogP contribution in [0.3, 0.4) is 0 Å². The Morgan fingerprint density at radius 1 is 0.981 bits per heavy atom. The van der Waals surface area contributed by atoms with Crippen molar-refractivity contribution in [3.63, 3.8) is 0 Å². The standard InChI is InChI=1S/C19H15FN2O4.C17H16ClF3O6S/c1-2-7-21-15-9-14(13(20)8-16(15)26-10-17(21)23)22-18(24)11-5-3-4-6-12(11)19(22)25;1-28(25,26)13-6-5-9(15(18)10(13)7-27-8-17(19,20)21)16(24)14-11(22)3-2-4-12(14)23/h1,8-9H,3-7,10H2;5-6,14H,2-4,7-8H2,1H3. The van der Waals surface area contributed by atoms with Crippen molar-refractivity contribution >= 4 is 67.9 Å². The number of rotatable bonds is 8. The molecular formula is C36H31ClF4N2O10S. The zero-order chi connectivity index (χ0) is 39.7. The molecule has 0 aromatic heterocycles. The highest BCUT2D eigenvalue weighted by molar-refractivity contribution is 7.90. The van der Waals surface area contributed by atoms with Crippen LogP contribution in [0.15, 0.2) is 40.3 Å². The van der Waals surface area contributed by atoms with Crippen LogP contribution in [0, 0.1) is 24.1 Å². The Labute approximate surface area is 311 Å². The molecule has 3 amide bonds. The van der Waals surface area contributed by atoms with Crippen LogP contribution in [-0.2, 0) is 45.2 Å². The molecule has 0 atom stereocenters. The number of sulfone groups is 1. The number of hydrogen-bond acceptors (Lipinski definition) is 10. The molecule has 286 valence electrons. The zero-order valence-electron chi connectivity index (χ0n) is 28.5. The molecule has 12 nitrogen and oxygen atoms in total. The smallest absolute Gasteiger partial charge is 0.411 e. The first-order chi connectivity index (χ1) is 25.4. The Morgan fingerprint density at radius 2 is 1.59 bits per heavy atom. The first-order valence-electron chi connectivity index (χ1n) is 16.4. The van der Waals surface area contributed by atoms with Crippen molar-refractivity contribution in [1.82, 2.24) is 0 Å². The molecule has 2 aliphatic carbocycles. The van der Waals surface area contributed by atoms with Crippen LogP contribution in [0.25, 0.3) is 0 Å². The maximum absolute atomic E-state index is 14.7. The summed E-state index contributed by atoms with van der Waals surface area (Å²) in [5.41, 5.74) is 0.343. The molecule has 4 aliphatic rings. The molecule has 0 radical (unpaired) electrons. The number of imide groups is 1. The molecule has 2 aromatic rings. The van der Waals surface area contributed by atoms with Crippen LogP contribution in [0.4, 0.5) is 28.9 Å². The summed E-state index contributed by atoms with van der Waals surface area (Å²) in [6.45, 7) is -2.74. The van der Waals surface area contributed by atoms with E-state index in [0.717, 1.165) is 42.2 Å². The molecule has 2 aromatic carbocycles. The highest BCUT2D eigenvalue weighted by Crippen LogP contribution is 2.42. The van der Waals surface area contributed by atoms with Crippen LogP contribution in [-0.4, -0.2) is 75.7 Å². The van der Waals surface area contributed by atoms with Gasteiger partial charge in [-0.15, -0.1) is 6.42 Å². The Hall–Kier alpha value is -4.92. The fraction of sp³-hybridized carbons (Fsp3) is 0.389. The summed E-state index contributed by atoms with van der Waals surface area (Å²) in [4.78, 5) is 75.8. The van der Waals surface area contributed by atoms with Crippen LogP contribution in [0.1, 0.15) is 60.9 Å². The topological polar surface area (TPSA) is 161 Å². The molecule has 0 spiro atoms. The summed E-state index contributed by atoms with van der Waals surface area (Å²) < 4.78 is 85.3. The quantitative estimate of drug-likeness (QED) is 0.119. The van der Waals surface area contributed by atoms with Crippen molar-refractivity contribution in [3.05, 3.63) is 57.4 Å². The van der Waals surface area contributed by atoms with Crippen LogP contribution < -0.4 is 14.5 Å². The first-order valence-corrected chi connectivity index (χ1v) is 18.7. The number of ether oxygens (including phenoxy) is 2. The minimum absolute atomic E-state index is 0.0170. The number of terminal acetylenes is 1. The number of fused-ring (bicyclic) bond motifs is 1. The van der Waals surface area contributed by atoms with Crippen molar-refractivity contribution in [3.8, 4) is 18.1 Å². The second-order valence-electron chi connectivity index (χ2n) is 12.7. The predicted octanol–water partition coefficient (Wildman–Crippen LogP) is 4.87. The van der Waals surface area contributed by atoms with Gasteiger partial charge in [-0.05, 0) is 50.3 Å². The molecule has 0 saturated heterocycles. The monoisotopic (exact) mass is 794 g/mol. The average molecular weight is 795 g/mol. The van der Waals surface area contributed by atoms with E-state index in [-0.39, 0.29) is 60.2 Å². The second kappa shape index (κ2) is 15.8. The van der Waals surface area contributed by atoms with Gasteiger partial charge in [0.15, 0.2) is 39.6 Å². The molecule has 0 N–H and O–H groups in total. The number of halogens is 5. The number of benzene rings is 2. The van der Waals surface area contributed by atoms with Gasteiger partial charge in [0.2, 0.25) is 0 Å². The van der Waals surface area contributed by atoms with Gasteiger partial charge in [-0.1, -0.05) is 17.5 Å². The lowest BCUT2D eigenvalue weighted by Gasteiger charge is -2.29. The third kappa shape index (κ3) is 8.25. The number of nitrogens with zero attached hydrogens (tertiary/aromatic N) is 2. The van der Waals surface area contributed by atoms with Crippen molar-refractivity contribution in [2.24, 2.45) is 5.92 Å². The summed E-state index contributed by atoms with van der Waals surface area (Å²) in [5, 5.41) is -0.457. The van der Waals surface area contributed by atoms with E-state index in [1.807, 2.05) is 0 Å². The van der Waals surface area contributed by atoms with Crippen LogP contribution >= 0.6 is 11.6 Å². The minimum Gasteiger partial charge on any atom is -0.481 e. The number of hydrogen-bond donors (Lipinski definition) is 0. The summed E-state index contributed by atoms with van der Waals surface area (Å²) >= 11 is 6.11. The third-order valence-electron chi connectivity index (χ3n) is 8.98. The van der Waals surface area contributed by atoms with E-state index in [9.17, 15) is 54.7 Å². The Balaban J connectivity index is 0.000000208. The minimum atomic E-state index is -4.65. The molecule has 2 heterocycles. The summed E-state index contributed by atoms with van der Waals surface area (Å²) in [6.07, 6.45) is 4.61. The SMILES string of the molecule is C#CCN1C(=O)COc2cc(F)c(N3C(=O)C4=C(CCCC4)C3=O)cc21.CS(=O)(=O)c1ccc(C(=O)C2C(=O)CCCC2=O)c(Cl)c1COCC(F)(F)F. The number of alkyl halides is 3. The van der Waals surface area contributed by atoms with Gasteiger partial charge in [0, 0.05) is 47.4 Å². The average Bonchev–Trinajstić information content (AvgIpc) is 3.34. The number of amides is 3. The highest BCUT2D eigenvalue weighted by Gasteiger charge is 2.42. The van der Waals surface area contributed by atoms with E-state index in [1.54, 1.807) is 0 Å². The molecule has 0 unspecified atom stereocenters. The maximum Gasteiger partial charge on any atom is 0.411 e. The molecule has 2 aliphatic heterocycles. The van der Waals surface area contributed by atoms with E-state index < -0.39 is 80.0 Å². The number of carbonyl (C=O) groups is 6. The van der Waals surface area contributed by atoms with Crippen molar-refractivity contribution in [2.45, 2.75) is 62.6 Å². The van der Waals surface area contributed by atoms with Gasteiger partial charge < -0.3 is 9.47 Å². The second-order valence-corrected chi connectivity index (χ2v) is 15.1. The zero-order valence-corrected chi connectivity index (χ0v) is 30.1. The number of Topliss-reactive ketones (excluding diaryl/α,β-unsaturated/α-hetero) is 3. The molecule has 6 rings (SSSR count). The number of ketones is 3. The van der Waals surface area contributed by atoms with Crippen LogP contribution in [0.5, 0.6) is 5.75 Å². The molecule has 1 fully saturated rings. The van der Waals surface area contributed by atoms with Gasteiger partial charge in [0.25, 0.3) is 17.7 Å². The van der Waals surface area contributed by atoms with Gasteiger partial charge in [-0.3, -0.25) is 33.7 Å². The lowest BCUT2D eigenvalue weighted by molar-refractivity contribution is -0.176. The maximum atomic E-state index is 14.7. The van der Waals surface area contributed by atoms with Gasteiger partial charge in [0.05, 0.1) is 34.4 Å². The molecule has 0 bridgehead atoms. The van der Waals surface area contributed by atoms with E-state index >= 15 is 0 Å². The normalized spacial score (nSPS) is 17.8. The molecule has 54 heavy (non-hydrogen) atoms. The highest BCUT2D eigenvalue weighted by atomic mass is 35.5. The Morgan fingerprint density at radius 3 is 2.15 bits per heavy atom. The molecular weight excluding hydrogens is 764 g/mol. The summed E-state index contributed by atoms with van der Waals surface area (Å²) in [7, 11) is -3.90. The van der Waals surface area contributed by atoms with Gasteiger partial charge in [-0.2, -0.15) is 13.2 Å². The van der Waals surface area contributed by atoms with E-state index in [0.29, 0.717) is 30.4 Å². The third-order valence-corrected chi connectivity index (χ3v) is 10.6. The lowest BCUT2D eigenvalue weighted by atomic mass is 9.81. The van der Waals surface area contributed by atoms with Crippen LogP contribution in [0.2, 0.25) is 5.02 Å². The summed E-state index contributed by atoms with van der Waals surface area (Å²) in [6, 6.07) is 4.41. The van der Waals surface area contributed by atoms with Crippen molar-refractivity contribution < 1.29 is 64.2 Å². The van der Waals surface area contributed by atoms with Crippen molar-refractivity contribution in [1.29, 1.82) is 0 Å². The fourth-order valence-electron chi connectivity index (χ4n) is 6.50. The first kappa shape index (κ1) is 40.3. The van der Waals surface area contributed by atoms with Gasteiger partial charge in [0.1, 0.15) is 18.3 Å². The molecule has 1 saturated carbocycles. The number of carbonyl (C=O) groups excluding carboxylic acids is 6. The Bertz CT molecular complexity index is 2120. The van der Waals surface area contributed by atoms with E-state index in [2.05, 4.69) is 10.7 Å². The van der Waals surface area contributed by atoms with Gasteiger partial charge >= 0.3 is 6.18 Å². The largest absolute Gasteiger partial charge is 0.481 e. The molecule has 18 heteroatoms.